The molecular weight excluding hydrogens is 252 g/mol. The molecule has 94 valence electrons. The highest BCUT2D eigenvalue weighted by atomic mass is 32.2. The first-order valence-electron chi connectivity index (χ1n) is 5.17. The van der Waals surface area contributed by atoms with Crippen LogP contribution in [0.1, 0.15) is 10.5 Å². The second kappa shape index (κ2) is 5.14. The predicted octanol–water partition coefficient (Wildman–Crippen LogP) is 2.51. The third-order valence-electron chi connectivity index (χ3n) is 2.49. The highest BCUT2D eigenvalue weighted by Gasteiger charge is 2.13. The molecule has 2 rings (SSSR count). The minimum atomic E-state index is -1.03. The maximum absolute atomic E-state index is 10.8. The average molecular weight is 264 g/mol. The molecule has 0 amide bonds. The molecule has 0 aliphatic rings. The van der Waals surface area contributed by atoms with E-state index in [0.717, 1.165) is 10.5 Å². The number of aromatic carboxylic acids is 1. The van der Waals surface area contributed by atoms with Gasteiger partial charge in [-0.15, -0.1) is 11.8 Å². The molecule has 0 unspecified atom stereocenters. The lowest BCUT2D eigenvalue weighted by Crippen LogP contribution is -1.95. The SMILES string of the molecule is COc1cc(SC)ccc1-c1cc(C(=O)O)[nH]n1. The third kappa shape index (κ3) is 2.33. The lowest BCUT2D eigenvalue weighted by atomic mass is 10.1. The summed E-state index contributed by atoms with van der Waals surface area (Å²) >= 11 is 1.61. The zero-order valence-corrected chi connectivity index (χ0v) is 10.7. The highest BCUT2D eigenvalue weighted by Crippen LogP contribution is 2.32. The summed E-state index contributed by atoms with van der Waals surface area (Å²) < 4.78 is 5.30. The van der Waals surface area contributed by atoms with Crippen molar-refractivity contribution in [2.45, 2.75) is 4.90 Å². The number of carbonyl (C=O) groups is 1. The van der Waals surface area contributed by atoms with E-state index in [1.807, 2.05) is 24.5 Å². The van der Waals surface area contributed by atoms with Gasteiger partial charge in [-0.3, -0.25) is 5.10 Å². The van der Waals surface area contributed by atoms with Gasteiger partial charge in [0, 0.05) is 10.5 Å². The van der Waals surface area contributed by atoms with Gasteiger partial charge in [-0.25, -0.2) is 4.79 Å². The Kier molecular flexibility index (Phi) is 3.57. The topological polar surface area (TPSA) is 75.2 Å². The van der Waals surface area contributed by atoms with Crippen LogP contribution in [0.25, 0.3) is 11.3 Å². The van der Waals surface area contributed by atoms with Crippen LogP contribution in [-0.4, -0.2) is 34.6 Å². The molecule has 2 N–H and O–H groups in total. The first-order valence-corrected chi connectivity index (χ1v) is 6.39. The monoisotopic (exact) mass is 264 g/mol. The number of benzene rings is 1. The van der Waals surface area contributed by atoms with Crippen molar-refractivity contribution < 1.29 is 14.6 Å². The molecule has 1 aromatic heterocycles. The van der Waals surface area contributed by atoms with E-state index in [4.69, 9.17) is 9.84 Å². The zero-order chi connectivity index (χ0) is 13.1. The number of hydrogen-bond donors (Lipinski definition) is 2. The molecule has 1 heterocycles. The van der Waals surface area contributed by atoms with Crippen molar-refractivity contribution in [1.29, 1.82) is 0 Å². The summed E-state index contributed by atoms with van der Waals surface area (Å²) in [6, 6.07) is 7.19. The summed E-state index contributed by atoms with van der Waals surface area (Å²) in [5.74, 6) is -0.362. The quantitative estimate of drug-likeness (QED) is 0.830. The van der Waals surface area contributed by atoms with E-state index in [0.29, 0.717) is 11.4 Å². The highest BCUT2D eigenvalue weighted by molar-refractivity contribution is 7.98. The van der Waals surface area contributed by atoms with Gasteiger partial charge in [0.25, 0.3) is 0 Å². The Hall–Kier alpha value is -1.95. The molecule has 0 spiro atoms. The molecule has 0 aliphatic heterocycles. The number of aromatic nitrogens is 2. The van der Waals surface area contributed by atoms with Crippen molar-refractivity contribution in [3.05, 3.63) is 30.0 Å². The smallest absolute Gasteiger partial charge is 0.353 e. The Morgan fingerprint density at radius 2 is 2.22 bits per heavy atom. The second-order valence-corrected chi connectivity index (χ2v) is 4.42. The predicted molar refractivity (Wildman–Crippen MR) is 69.3 cm³/mol. The van der Waals surface area contributed by atoms with Crippen LogP contribution < -0.4 is 4.74 Å². The summed E-state index contributed by atoms with van der Waals surface area (Å²) in [5, 5.41) is 15.3. The number of aromatic amines is 1. The summed E-state index contributed by atoms with van der Waals surface area (Å²) in [6.07, 6.45) is 1.98. The van der Waals surface area contributed by atoms with Gasteiger partial charge < -0.3 is 9.84 Å². The van der Waals surface area contributed by atoms with E-state index in [1.165, 1.54) is 6.07 Å². The van der Waals surface area contributed by atoms with Gasteiger partial charge in [0.05, 0.1) is 12.8 Å². The molecule has 1 aromatic carbocycles. The molecule has 0 saturated heterocycles. The number of carboxylic acid groups (broad SMARTS) is 1. The molecule has 0 aliphatic carbocycles. The van der Waals surface area contributed by atoms with Crippen LogP contribution in [0.5, 0.6) is 5.75 Å². The Labute approximate surface area is 108 Å². The molecule has 0 bridgehead atoms. The Morgan fingerprint density at radius 1 is 1.44 bits per heavy atom. The van der Waals surface area contributed by atoms with Crippen molar-refractivity contribution >= 4 is 17.7 Å². The molecule has 18 heavy (non-hydrogen) atoms. The van der Waals surface area contributed by atoms with Crippen molar-refractivity contribution in [3.8, 4) is 17.0 Å². The standard InChI is InChI=1S/C12H12N2O3S/c1-17-11-5-7(18-2)3-4-8(11)9-6-10(12(15)16)14-13-9/h3-6H,1-2H3,(H,13,14)(H,15,16). The molecular formula is C12H12N2O3S. The van der Waals surface area contributed by atoms with Crippen molar-refractivity contribution in [2.24, 2.45) is 0 Å². The van der Waals surface area contributed by atoms with Crippen LogP contribution in [0.15, 0.2) is 29.2 Å². The van der Waals surface area contributed by atoms with Gasteiger partial charge in [-0.1, -0.05) is 0 Å². The molecule has 2 aromatic rings. The normalized spacial score (nSPS) is 10.3. The van der Waals surface area contributed by atoms with Crippen LogP contribution >= 0.6 is 11.8 Å². The number of nitrogens with one attached hydrogen (secondary N) is 1. The van der Waals surface area contributed by atoms with Crippen LogP contribution in [-0.2, 0) is 0 Å². The van der Waals surface area contributed by atoms with Crippen LogP contribution in [0.2, 0.25) is 0 Å². The fourth-order valence-electron chi connectivity index (χ4n) is 1.58. The Balaban J connectivity index is 2.45. The van der Waals surface area contributed by atoms with Gasteiger partial charge >= 0.3 is 5.97 Å². The van der Waals surface area contributed by atoms with Crippen molar-refractivity contribution in [3.63, 3.8) is 0 Å². The Morgan fingerprint density at radius 3 is 2.78 bits per heavy atom. The second-order valence-electron chi connectivity index (χ2n) is 3.54. The fourth-order valence-corrected chi connectivity index (χ4v) is 2.01. The minimum absolute atomic E-state index is 0.0565. The fraction of sp³-hybridized carbons (Fsp3) is 0.167. The van der Waals surface area contributed by atoms with Gasteiger partial charge in [0.1, 0.15) is 11.4 Å². The van der Waals surface area contributed by atoms with Crippen LogP contribution in [0, 0.1) is 0 Å². The van der Waals surface area contributed by atoms with Crippen molar-refractivity contribution in [1.82, 2.24) is 10.2 Å². The Bertz CT molecular complexity index is 580. The van der Waals surface area contributed by atoms with E-state index in [2.05, 4.69) is 10.2 Å². The summed E-state index contributed by atoms with van der Waals surface area (Å²) in [7, 11) is 1.58. The summed E-state index contributed by atoms with van der Waals surface area (Å²) in [6.45, 7) is 0. The molecule has 0 radical (unpaired) electrons. The van der Waals surface area contributed by atoms with Gasteiger partial charge in [-0.2, -0.15) is 5.10 Å². The number of thioether (sulfide) groups is 1. The minimum Gasteiger partial charge on any atom is -0.496 e. The average Bonchev–Trinajstić information content (AvgIpc) is 2.87. The third-order valence-corrected chi connectivity index (χ3v) is 3.22. The van der Waals surface area contributed by atoms with E-state index in [1.54, 1.807) is 18.9 Å². The molecule has 0 atom stereocenters. The van der Waals surface area contributed by atoms with Gasteiger partial charge in [0.15, 0.2) is 0 Å². The van der Waals surface area contributed by atoms with Crippen molar-refractivity contribution in [2.75, 3.05) is 13.4 Å². The first kappa shape index (κ1) is 12.5. The maximum Gasteiger partial charge on any atom is 0.353 e. The van der Waals surface area contributed by atoms with E-state index in [-0.39, 0.29) is 5.69 Å². The van der Waals surface area contributed by atoms with Gasteiger partial charge in [0.2, 0.25) is 0 Å². The van der Waals surface area contributed by atoms with Crippen LogP contribution in [0.3, 0.4) is 0 Å². The van der Waals surface area contributed by atoms with E-state index < -0.39 is 5.97 Å². The van der Waals surface area contributed by atoms with E-state index >= 15 is 0 Å². The summed E-state index contributed by atoms with van der Waals surface area (Å²) in [5.41, 5.74) is 1.37. The van der Waals surface area contributed by atoms with Gasteiger partial charge in [-0.05, 0) is 30.5 Å². The molecule has 0 fully saturated rings. The number of rotatable bonds is 4. The number of nitrogens with zero attached hydrogens (tertiary/aromatic N) is 1. The largest absolute Gasteiger partial charge is 0.496 e. The molecule has 0 saturated carbocycles. The lowest BCUT2D eigenvalue weighted by molar-refractivity contribution is 0.0690. The number of methoxy groups -OCH3 is 1. The maximum atomic E-state index is 10.8. The number of hydrogen-bond acceptors (Lipinski definition) is 4. The lowest BCUT2D eigenvalue weighted by Gasteiger charge is -2.07. The van der Waals surface area contributed by atoms with E-state index in [9.17, 15) is 4.79 Å². The molecule has 6 heteroatoms. The molecule has 5 nitrogen and oxygen atoms in total. The first-order chi connectivity index (χ1) is 8.65. The van der Waals surface area contributed by atoms with Crippen LogP contribution in [0.4, 0.5) is 0 Å². The number of carboxylic acids is 1. The number of H-pyrrole nitrogens is 1. The number of ether oxygens (including phenoxy) is 1. The zero-order valence-electron chi connectivity index (χ0n) is 9.93. The summed E-state index contributed by atoms with van der Waals surface area (Å²) in [4.78, 5) is 11.9.